The van der Waals surface area contributed by atoms with E-state index in [0.29, 0.717) is 59.4 Å². The number of nitrogens with zero attached hydrogens (tertiary/aromatic N) is 7. The van der Waals surface area contributed by atoms with Crippen molar-refractivity contribution in [2.75, 3.05) is 13.1 Å². The van der Waals surface area contributed by atoms with Gasteiger partial charge in [0.1, 0.15) is 23.8 Å². The second kappa shape index (κ2) is 10.6. The maximum atomic E-state index is 13.5. The summed E-state index contributed by atoms with van der Waals surface area (Å²) in [7, 11) is 0. The summed E-state index contributed by atoms with van der Waals surface area (Å²) in [4.78, 5) is 13.9. The van der Waals surface area contributed by atoms with E-state index in [1.165, 1.54) is 6.07 Å². The minimum Gasteiger partial charge on any atom is -0.449 e. The van der Waals surface area contributed by atoms with Crippen molar-refractivity contribution in [1.82, 2.24) is 14.9 Å². The third kappa shape index (κ3) is 5.21. The Morgan fingerprint density at radius 2 is 2.11 bits per heavy atom. The third-order valence-electron chi connectivity index (χ3n) is 6.75. The topological polar surface area (TPSA) is 144 Å². The molecule has 0 saturated carbocycles. The molecular formula is C26H29FN9O+. The number of hydrogen-bond donors (Lipinski definition) is 2. The number of halogens is 1. The first-order valence-electron chi connectivity index (χ1n) is 12.1. The average molecular weight is 503 g/mol. The van der Waals surface area contributed by atoms with E-state index in [-0.39, 0.29) is 6.04 Å². The Bertz CT molecular complexity index is 1420. The smallest absolute Gasteiger partial charge is 0.291 e. The van der Waals surface area contributed by atoms with Crippen LogP contribution < -0.4 is 15.0 Å². The number of aliphatic imine (C=N–C) groups is 1. The van der Waals surface area contributed by atoms with Gasteiger partial charge in [0.25, 0.3) is 17.2 Å². The Morgan fingerprint density at radius 1 is 1.35 bits per heavy atom. The predicted octanol–water partition coefficient (Wildman–Crippen LogP) is 2.93. The Balaban J connectivity index is 1.75. The number of nitriles is 2. The van der Waals surface area contributed by atoms with Crippen LogP contribution in [-0.2, 0) is 5.60 Å². The summed E-state index contributed by atoms with van der Waals surface area (Å²) >= 11 is 0. The number of aromatic amines is 1. The van der Waals surface area contributed by atoms with Crippen molar-refractivity contribution in [1.29, 1.82) is 10.5 Å². The monoisotopic (exact) mass is 502 g/mol. The summed E-state index contributed by atoms with van der Waals surface area (Å²) in [6.45, 7) is 7.00. The first-order chi connectivity index (χ1) is 17.8. The molecule has 3 N–H and O–H groups in total. The molecule has 1 unspecified atom stereocenters. The van der Waals surface area contributed by atoms with Gasteiger partial charge in [0.2, 0.25) is 0 Å². The number of pyridine rings is 2. The van der Waals surface area contributed by atoms with E-state index in [4.69, 9.17) is 20.8 Å². The van der Waals surface area contributed by atoms with Crippen LogP contribution in [0.5, 0.6) is 5.88 Å². The van der Waals surface area contributed by atoms with Crippen LogP contribution in [0.25, 0.3) is 5.65 Å². The van der Waals surface area contributed by atoms with Gasteiger partial charge in [0, 0.05) is 30.8 Å². The number of fused-ring (bicyclic) bond motifs is 1. The maximum Gasteiger partial charge on any atom is 0.291 e. The van der Waals surface area contributed by atoms with E-state index in [1.54, 1.807) is 27.6 Å². The summed E-state index contributed by atoms with van der Waals surface area (Å²) in [6.07, 6.45) is 7.00. The summed E-state index contributed by atoms with van der Waals surface area (Å²) in [5.74, 6) is 5.78. The van der Waals surface area contributed by atoms with Gasteiger partial charge in [0.05, 0.1) is 23.6 Å². The molecule has 0 aliphatic carbocycles. The zero-order valence-corrected chi connectivity index (χ0v) is 21.1. The van der Waals surface area contributed by atoms with E-state index in [2.05, 4.69) is 27.3 Å². The van der Waals surface area contributed by atoms with Crippen LogP contribution in [0, 0.1) is 28.6 Å². The standard InChI is InChI=1S/C26H28FN9O/c1-4-26(3,22-6-5-19(27)14-31-22)37-24-12-18(11-23-32-15-21(13-28)36(23)24)25(34-30)17(2)33-20-7-9-35(16-29)10-8-20/h5-6,11-12,14-15,20H,4,7-10H2,1-3H3,(H2,30,32,33)/p+1. The molecule has 1 fully saturated rings. The second-order valence-electron chi connectivity index (χ2n) is 9.15. The number of nitrogens with two attached hydrogens (primary N) is 1. The van der Waals surface area contributed by atoms with Gasteiger partial charge >= 0.3 is 0 Å². The molecule has 10 nitrogen and oxygen atoms in total. The minimum absolute atomic E-state index is 0.0683. The van der Waals surface area contributed by atoms with Crippen LogP contribution in [0.15, 0.2) is 46.8 Å². The fourth-order valence-electron chi connectivity index (χ4n) is 4.46. The molecule has 1 aliphatic rings. The third-order valence-corrected chi connectivity index (χ3v) is 6.75. The first kappa shape index (κ1) is 25.6. The van der Waals surface area contributed by atoms with Crippen LogP contribution in [0.4, 0.5) is 4.39 Å². The van der Waals surface area contributed by atoms with Gasteiger partial charge in [-0.15, -0.1) is 4.40 Å². The normalized spacial score (nSPS) is 16.8. The van der Waals surface area contributed by atoms with E-state index in [0.717, 1.165) is 19.0 Å². The predicted molar refractivity (Wildman–Crippen MR) is 135 cm³/mol. The fraction of sp³-hybridized carbons (Fsp3) is 0.385. The van der Waals surface area contributed by atoms with Gasteiger partial charge < -0.3 is 15.5 Å². The Kier molecular flexibility index (Phi) is 7.35. The SMILES string of the molecule is CCC(C)(Oc1cc(/C(=N/N)C(C)=NC2CCN(C#N)CC2)cc2[nH]cc(C#N)[n+]12)c1ccc(F)cn1. The zero-order valence-electron chi connectivity index (χ0n) is 21.1. The molecule has 0 bridgehead atoms. The lowest BCUT2D eigenvalue weighted by Gasteiger charge is -2.28. The molecule has 37 heavy (non-hydrogen) atoms. The second-order valence-corrected chi connectivity index (χ2v) is 9.15. The molecule has 1 aliphatic heterocycles. The summed E-state index contributed by atoms with van der Waals surface area (Å²) in [6, 6.07) is 8.77. The van der Waals surface area contributed by atoms with Crippen LogP contribution in [0.2, 0.25) is 0 Å². The number of H-pyrrole nitrogens is 1. The molecule has 3 aromatic heterocycles. The van der Waals surface area contributed by atoms with E-state index >= 15 is 0 Å². The fourth-order valence-corrected chi connectivity index (χ4v) is 4.46. The van der Waals surface area contributed by atoms with Crippen LogP contribution in [0.3, 0.4) is 0 Å². The molecule has 0 aromatic carbocycles. The van der Waals surface area contributed by atoms with E-state index < -0.39 is 11.4 Å². The molecule has 1 saturated heterocycles. The molecule has 4 heterocycles. The zero-order chi connectivity index (χ0) is 26.6. The molecule has 4 rings (SSSR count). The number of ether oxygens (including phenoxy) is 1. The quantitative estimate of drug-likeness (QED) is 0.167. The van der Waals surface area contributed by atoms with Gasteiger partial charge in [-0.3, -0.25) is 9.98 Å². The minimum atomic E-state index is -0.909. The number of hydrogen-bond acceptors (Lipinski definition) is 8. The molecule has 1 atom stereocenters. The lowest BCUT2D eigenvalue weighted by Crippen LogP contribution is -2.36. The van der Waals surface area contributed by atoms with Crippen molar-refractivity contribution >= 4 is 17.1 Å². The van der Waals surface area contributed by atoms with Crippen LogP contribution in [-0.4, -0.2) is 45.4 Å². The highest BCUT2D eigenvalue weighted by Gasteiger charge is 2.32. The number of hydrazone groups is 1. The van der Waals surface area contributed by atoms with E-state index in [1.807, 2.05) is 26.8 Å². The van der Waals surface area contributed by atoms with Crippen molar-refractivity contribution in [3.05, 3.63) is 59.4 Å². The summed E-state index contributed by atoms with van der Waals surface area (Å²) in [5.41, 5.74) is 2.41. The Morgan fingerprint density at radius 3 is 2.70 bits per heavy atom. The highest BCUT2D eigenvalue weighted by Crippen LogP contribution is 2.30. The molecule has 0 radical (unpaired) electrons. The number of likely N-dealkylation sites (tertiary alicyclic amines) is 1. The highest BCUT2D eigenvalue weighted by atomic mass is 19.1. The Labute approximate surface area is 214 Å². The van der Waals surface area contributed by atoms with Crippen molar-refractivity contribution in [3.63, 3.8) is 0 Å². The molecular weight excluding hydrogens is 473 g/mol. The molecule has 3 aromatic rings. The lowest BCUT2D eigenvalue weighted by atomic mass is 9.98. The van der Waals surface area contributed by atoms with Crippen molar-refractivity contribution in [2.45, 2.75) is 51.7 Å². The van der Waals surface area contributed by atoms with Crippen LogP contribution >= 0.6 is 0 Å². The number of piperidine rings is 1. The molecule has 0 spiro atoms. The number of imidazole rings is 1. The van der Waals surface area contributed by atoms with E-state index in [9.17, 15) is 9.65 Å². The summed E-state index contributed by atoms with van der Waals surface area (Å²) in [5, 5.41) is 22.8. The number of aromatic nitrogens is 3. The Hall–Kier alpha value is -4.51. The first-order valence-corrected chi connectivity index (χ1v) is 12.1. The summed E-state index contributed by atoms with van der Waals surface area (Å²) < 4.78 is 21.7. The number of rotatable bonds is 7. The van der Waals surface area contributed by atoms with Gasteiger partial charge in [-0.2, -0.15) is 15.6 Å². The molecule has 11 heteroatoms. The molecule has 190 valence electrons. The van der Waals surface area contributed by atoms with Gasteiger partial charge in [-0.05, 0) is 45.2 Å². The van der Waals surface area contributed by atoms with Gasteiger partial charge in [-0.25, -0.2) is 9.37 Å². The van der Waals surface area contributed by atoms with Crippen LogP contribution in [0.1, 0.15) is 57.0 Å². The average Bonchev–Trinajstić information content (AvgIpc) is 3.33. The van der Waals surface area contributed by atoms with Gasteiger partial charge in [0.15, 0.2) is 11.8 Å². The number of nitrogens with one attached hydrogen (secondary N) is 1. The van der Waals surface area contributed by atoms with Crippen molar-refractivity contribution < 1.29 is 13.5 Å². The van der Waals surface area contributed by atoms with Crippen molar-refractivity contribution in [2.24, 2.45) is 15.9 Å². The lowest BCUT2D eigenvalue weighted by molar-refractivity contribution is -0.527. The maximum absolute atomic E-state index is 13.5. The van der Waals surface area contributed by atoms with Crippen molar-refractivity contribution in [3.8, 4) is 18.1 Å². The van der Waals surface area contributed by atoms with Gasteiger partial charge in [-0.1, -0.05) is 6.92 Å². The largest absolute Gasteiger partial charge is 0.449 e. The molecule has 0 amide bonds. The highest BCUT2D eigenvalue weighted by molar-refractivity contribution is 6.47.